The van der Waals surface area contributed by atoms with Gasteiger partial charge in [-0.3, -0.25) is 14.5 Å². The Labute approximate surface area is 204 Å². The molecule has 8 nitrogen and oxygen atoms in total. The second-order valence-electron chi connectivity index (χ2n) is 8.01. The number of benzene rings is 3. The molecule has 0 spiro atoms. The fraction of sp³-hybridized carbons (Fsp3) is 0.192. The number of nitrogens with one attached hydrogen (secondary N) is 2. The maximum absolute atomic E-state index is 12.7. The third-order valence-electron chi connectivity index (χ3n) is 5.36. The van der Waals surface area contributed by atoms with E-state index in [1.165, 1.54) is 18.2 Å². The number of sulfonamides is 1. The lowest BCUT2D eigenvalue weighted by atomic mass is 10.00. The molecule has 0 bridgehead atoms. The predicted octanol–water partition coefficient (Wildman–Crippen LogP) is 3.54. The average molecular weight is 492 g/mol. The molecule has 1 amide bonds. The predicted molar refractivity (Wildman–Crippen MR) is 133 cm³/mol. The SMILES string of the molecule is O=C(COC(=O)c1ccccc1Cc1ccccc1)Nc1cccc(S(=O)(=O)NC2=NCCC2)c1. The highest BCUT2D eigenvalue weighted by atomic mass is 32.2. The van der Waals surface area contributed by atoms with Crippen molar-refractivity contribution in [2.24, 2.45) is 4.99 Å². The van der Waals surface area contributed by atoms with Crippen molar-refractivity contribution in [2.75, 3.05) is 18.5 Å². The number of nitrogens with zero attached hydrogens (tertiary/aromatic N) is 1. The van der Waals surface area contributed by atoms with E-state index in [-0.39, 0.29) is 10.6 Å². The van der Waals surface area contributed by atoms with Crippen LogP contribution in [0.15, 0.2) is 88.8 Å². The number of ether oxygens (including phenoxy) is 1. The van der Waals surface area contributed by atoms with Crippen LogP contribution in [0.25, 0.3) is 0 Å². The van der Waals surface area contributed by atoms with Gasteiger partial charge in [-0.15, -0.1) is 0 Å². The standard InChI is InChI=1S/C26H25N3O5S/c30-25(28-21-11-6-12-22(17-21)35(32,33)29-24-14-7-15-27-24)18-34-26(31)23-13-5-4-10-20(23)16-19-8-2-1-3-9-19/h1-6,8-13,17H,7,14-16,18H2,(H,27,29)(H,28,30). The van der Waals surface area contributed by atoms with Gasteiger partial charge in [-0.25, -0.2) is 13.2 Å². The average Bonchev–Trinajstić information content (AvgIpc) is 3.36. The number of esters is 1. The van der Waals surface area contributed by atoms with E-state index in [0.29, 0.717) is 30.8 Å². The molecule has 3 aromatic rings. The van der Waals surface area contributed by atoms with E-state index < -0.39 is 28.5 Å². The Morgan fingerprint density at radius 3 is 2.49 bits per heavy atom. The van der Waals surface area contributed by atoms with Crippen molar-refractivity contribution in [1.29, 1.82) is 0 Å². The Balaban J connectivity index is 1.36. The van der Waals surface area contributed by atoms with Gasteiger partial charge in [0, 0.05) is 18.7 Å². The number of hydrogen-bond donors (Lipinski definition) is 2. The first-order valence-corrected chi connectivity index (χ1v) is 12.6. The summed E-state index contributed by atoms with van der Waals surface area (Å²) in [6.07, 6.45) is 1.94. The van der Waals surface area contributed by atoms with Gasteiger partial charge < -0.3 is 10.1 Å². The van der Waals surface area contributed by atoms with Crippen LogP contribution in [-0.2, 0) is 26.0 Å². The fourth-order valence-electron chi connectivity index (χ4n) is 3.67. The molecule has 0 fully saturated rings. The molecular weight excluding hydrogens is 466 g/mol. The molecule has 0 atom stereocenters. The minimum Gasteiger partial charge on any atom is -0.452 e. The van der Waals surface area contributed by atoms with E-state index in [9.17, 15) is 18.0 Å². The number of anilines is 1. The van der Waals surface area contributed by atoms with Gasteiger partial charge in [-0.1, -0.05) is 54.6 Å². The number of aliphatic imine (C=N–C) groups is 1. The van der Waals surface area contributed by atoms with Gasteiger partial charge in [0.05, 0.1) is 10.5 Å². The van der Waals surface area contributed by atoms with Crippen molar-refractivity contribution < 1.29 is 22.7 Å². The lowest BCUT2D eigenvalue weighted by Gasteiger charge is -2.11. The molecule has 9 heteroatoms. The number of amidine groups is 1. The quantitative estimate of drug-likeness (QED) is 0.468. The van der Waals surface area contributed by atoms with Crippen LogP contribution in [0.4, 0.5) is 5.69 Å². The normalized spacial score (nSPS) is 13.1. The van der Waals surface area contributed by atoms with Gasteiger partial charge >= 0.3 is 5.97 Å². The summed E-state index contributed by atoms with van der Waals surface area (Å²) in [7, 11) is -3.81. The summed E-state index contributed by atoms with van der Waals surface area (Å²) >= 11 is 0. The zero-order chi connectivity index (χ0) is 24.7. The molecule has 180 valence electrons. The summed E-state index contributed by atoms with van der Waals surface area (Å²) in [6.45, 7) is 0.0912. The molecular formula is C26H25N3O5S. The second kappa shape index (κ2) is 11.0. The van der Waals surface area contributed by atoms with E-state index in [4.69, 9.17) is 4.74 Å². The summed E-state index contributed by atoms with van der Waals surface area (Å²) in [6, 6.07) is 22.7. The van der Waals surface area contributed by atoms with E-state index in [0.717, 1.165) is 17.5 Å². The Kier molecular flexibility index (Phi) is 7.57. The van der Waals surface area contributed by atoms with Crippen LogP contribution in [0.3, 0.4) is 0 Å². The minimum absolute atomic E-state index is 0.00302. The molecule has 0 aliphatic carbocycles. The van der Waals surface area contributed by atoms with Crippen molar-refractivity contribution in [2.45, 2.75) is 24.2 Å². The Morgan fingerprint density at radius 1 is 0.943 bits per heavy atom. The smallest absolute Gasteiger partial charge is 0.338 e. The second-order valence-corrected chi connectivity index (χ2v) is 9.69. The highest BCUT2D eigenvalue weighted by Crippen LogP contribution is 2.18. The number of hydrogen-bond acceptors (Lipinski definition) is 6. The first kappa shape index (κ1) is 24.2. The summed E-state index contributed by atoms with van der Waals surface area (Å²) in [5.41, 5.74) is 2.50. The van der Waals surface area contributed by atoms with Crippen molar-refractivity contribution in [3.05, 3.63) is 95.6 Å². The highest BCUT2D eigenvalue weighted by molar-refractivity contribution is 7.90. The summed E-state index contributed by atoms with van der Waals surface area (Å²) in [4.78, 5) is 29.2. The Hall–Kier alpha value is -3.98. The number of carbonyl (C=O) groups excluding carboxylic acids is 2. The van der Waals surface area contributed by atoms with Gasteiger partial charge in [0.1, 0.15) is 5.84 Å². The van der Waals surface area contributed by atoms with Gasteiger partial charge in [-0.05, 0) is 48.2 Å². The molecule has 1 aliphatic heterocycles. The molecule has 1 heterocycles. The third kappa shape index (κ3) is 6.54. The monoisotopic (exact) mass is 491 g/mol. The van der Waals surface area contributed by atoms with E-state index >= 15 is 0 Å². The zero-order valence-corrected chi connectivity index (χ0v) is 19.8. The molecule has 3 aromatic carbocycles. The lowest BCUT2D eigenvalue weighted by molar-refractivity contribution is -0.119. The van der Waals surface area contributed by atoms with E-state index in [1.807, 2.05) is 42.5 Å². The van der Waals surface area contributed by atoms with E-state index in [2.05, 4.69) is 15.0 Å². The van der Waals surface area contributed by atoms with Crippen LogP contribution in [0.5, 0.6) is 0 Å². The van der Waals surface area contributed by atoms with Gasteiger partial charge in [-0.2, -0.15) is 0 Å². The van der Waals surface area contributed by atoms with Gasteiger partial charge in [0.25, 0.3) is 15.9 Å². The highest BCUT2D eigenvalue weighted by Gasteiger charge is 2.19. The number of rotatable bonds is 8. The topological polar surface area (TPSA) is 114 Å². The largest absolute Gasteiger partial charge is 0.452 e. The maximum Gasteiger partial charge on any atom is 0.338 e. The van der Waals surface area contributed by atoms with Gasteiger partial charge in [0.15, 0.2) is 6.61 Å². The number of amides is 1. The molecule has 0 unspecified atom stereocenters. The molecule has 0 saturated carbocycles. The minimum atomic E-state index is -3.81. The Morgan fingerprint density at radius 2 is 1.71 bits per heavy atom. The van der Waals surface area contributed by atoms with Crippen LogP contribution in [0.1, 0.15) is 34.3 Å². The molecule has 0 saturated heterocycles. The Bertz CT molecular complexity index is 1350. The summed E-state index contributed by atoms with van der Waals surface area (Å²) in [5.74, 6) is -0.759. The van der Waals surface area contributed by atoms with Crippen molar-refractivity contribution in [3.8, 4) is 0 Å². The van der Waals surface area contributed by atoms with Crippen LogP contribution >= 0.6 is 0 Å². The van der Waals surface area contributed by atoms with Crippen LogP contribution < -0.4 is 10.0 Å². The van der Waals surface area contributed by atoms with E-state index in [1.54, 1.807) is 18.2 Å². The number of carbonyl (C=O) groups is 2. The molecule has 0 radical (unpaired) electrons. The summed E-state index contributed by atoms with van der Waals surface area (Å²) in [5, 5.41) is 2.57. The van der Waals surface area contributed by atoms with Crippen LogP contribution in [-0.4, -0.2) is 39.3 Å². The van der Waals surface area contributed by atoms with Crippen molar-refractivity contribution >= 4 is 33.4 Å². The fourth-order valence-corrected chi connectivity index (χ4v) is 4.81. The molecule has 4 rings (SSSR count). The van der Waals surface area contributed by atoms with Crippen LogP contribution in [0, 0.1) is 0 Å². The first-order valence-electron chi connectivity index (χ1n) is 11.2. The zero-order valence-electron chi connectivity index (χ0n) is 18.9. The first-order chi connectivity index (χ1) is 16.9. The van der Waals surface area contributed by atoms with Crippen LogP contribution in [0.2, 0.25) is 0 Å². The lowest BCUT2D eigenvalue weighted by Crippen LogP contribution is -2.29. The molecule has 0 aromatic heterocycles. The maximum atomic E-state index is 12.7. The van der Waals surface area contributed by atoms with Gasteiger partial charge in [0.2, 0.25) is 0 Å². The van der Waals surface area contributed by atoms with Crippen molar-refractivity contribution in [3.63, 3.8) is 0 Å². The molecule has 1 aliphatic rings. The van der Waals surface area contributed by atoms with Crippen molar-refractivity contribution in [1.82, 2.24) is 4.72 Å². The summed E-state index contributed by atoms with van der Waals surface area (Å²) < 4.78 is 32.9. The third-order valence-corrected chi connectivity index (χ3v) is 6.74. The molecule has 35 heavy (non-hydrogen) atoms. The molecule has 2 N–H and O–H groups in total.